The van der Waals surface area contributed by atoms with Crippen molar-refractivity contribution in [3.8, 4) is 0 Å². The Hall–Kier alpha value is -3.19. The van der Waals surface area contributed by atoms with Gasteiger partial charge in [0.25, 0.3) is 11.5 Å². The molecule has 3 rings (SSSR count). The molecule has 180 valence electrons. The highest BCUT2D eigenvalue weighted by molar-refractivity contribution is 6.32. The van der Waals surface area contributed by atoms with Crippen LogP contribution in [0.2, 0.25) is 0 Å². The Balaban J connectivity index is 1.77. The van der Waals surface area contributed by atoms with E-state index in [1.807, 2.05) is 19.9 Å². The second-order valence-electron chi connectivity index (χ2n) is 9.59. The lowest BCUT2D eigenvalue weighted by Gasteiger charge is -2.45. The van der Waals surface area contributed by atoms with E-state index in [2.05, 4.69) is 30.7 Å². The van der Waals surface area contributed by atoms with Crippen molar-refractivity contribution in [3.63, 3.8) is 0 Å². The van der Waals surface area contributed by atoms with E-state index in [9.17, 15) is 14.4 Å². The van der Waals surface area contributed by atoms with Crippen LogP contribution in [0.3, 0.4) is 0 Å². The molecule has 1 aliphatic rings. The van der Waals surface area contributed by atoms with E-state index in [1.54, 1.807) is 29.3 Å². The van der Waals surface area contributed by atoms with E-state index in [-0.39, 0.29) is 23.4 Å². The van der Waals surface area contributed by atoms with Crippen LogP contribution in [0, 0.1) is 5.41 Å². The molecule has 1 N–H and O–H groups in total. The highest BCUT2D eigenvalue weighted by Gasteiger charge is 2.37. The lowest BCUT2D eigenvalue weighted by Crippen LogP contribution is -2.56. The number of aromatic nitrogens is 2. The van der Waals surface area contributed by atoms with E-state index < -0.39 is 11.5 Å². The topological polar surface area (TPSA) is 84.3 Å². The van der Waals surface area contributed by atoms with Gasteiger partial charge in [0, 0.05) is 36.2 Å². The van der Waals surface area contributed by atoms with Gasteiger partial charge in [-0.2, -0.15) is 0 Å². The van der Waals surface area contributed by atoms with E-state index in [1.165, 1.54) is 10.6 Å². The zero-order valence-corrected chi connectivity index (χ0v) is 20.9. The van der Waals surface area contributed by atoms with Crippen molar-refractivity contribution in [1.82, 2.24) is 19.8 Å². The number of hydrogen-bond donors (Lipinski definition) is 1. The first kappa shape index (κ1) is 25.4. The third-order valence-corrected chi connectivity index (χ3v) is 6.15. The maximum atomic E-state index is 13.2. The molecule has 1 aliphatic heterocycles. The lowest BCUT2D eigenvalue weighted by atomic mass is 9.84. The van der Waals surface area contributed by atoms with Gasteiger partial charge >= 0.3 is 0 Å². The highest BCUT2D eigenvalue weighted by Crippen LogP contribution is 2.28. The van der Waals surface area contributed by atoms with Crippen LogP contribution in [-0.4, -0.2) is 45.9 Å². The second kappa shape index (κ2) is 10.4. The molecule has 0 aromatic carbocycles. The van der Waals surface area contributed by atoms with Crippen molar-refractivity contribution < 1.29 is 9.59 Å². The summed E-state index contributed by atoms with van der Waals surface area (Å²) in [6.07, 6.45) is 5.81. The van der Waals surface area contributed by atoms with Crippen LogP contribution in [0.25, 0.3) is 11.0 Å². The number of nitrogens with one attached hydrogen (secondary N) is 1. The fraction of sp³-hybridized carbons (Fsp3) is 0.385. The van der Waals surface area contributed by atoms with Crippen molar-refractivity contribution in [3.05, 3.63) is 75.2 Å². The Morgan fingerprint density at radius 2 is 1.97 bits per heavy atom. The minimum Gasteiger partial charge on any atom is -0.352 e. The normalized spacial score (nSPS) is 15.7. The van der Waals surface area contributed by atoms with E-state index in [0.717, 1.165) is 11.1 Å². The van der Waals surface area contributed by atoms with E-state index in [4.69, 9.17) is 11.6 Å². The summed E-state index contributed by atoms with van der Waals surface area (Å²) in [4.78, 5) is 44.9. The Labute approximate surface area is 204 Å². The number of likely N-dealkylation sites (tertiary alicyclic amines) is 1. The van der Waals surface area contributed by atoms with Crippen LogP contribution in [0.5, 0.6) is 0 Å². The van der Waals surface area contributed by atoms with Crippen LogP contribution in [0.4, 0.5) is 0 Å². The van der Waals surface area contributed by atoms with Gasteiger partial charge in [0.2, 0.25) is 5.91 Å². The number of allylic oxidation sites excluding steroid dienone is 4. The minimum absolute atomic E-state index is 0.0101. The van der Waals surface area contributed by atoms with Gasteiger partial charge in [0.1, 0.15) is 17.8 Å². The van der Waals surface area contributed by atoms with Gasteiger partial charge in [-0.3, -0.25) is 19.0 Å². The van der Waals surface area contributed by atoms with Gasteiger partial charge in [-0.1, -0.05) is 43.7 Å². The monoisotopic (exact) mass is 482 g/mol. The number of hydrogen-bond acceptors (Lipinski definition) is 4. The highest BCUT2D eigenvalue weighted by atomic mass is 35.5. The summed E-state index contributed by atoms with van der Waals surface area (Å²) in [5.74, 6) is -0.640. The Morgan fingerprint density at radius 1 is 1.26 bits per heavy atom. The smallest absolute Gasteiger partial charge is 0.265 e. The molecule has 3 heterocycles. The predicted molar refractivity (Wildman–Crippen MR) is 136 cm³/mol. The van der Waals surface area contributed by atoms with Gasteiger partial charge in [-0.15, -0.1) is 0 Å². The van der Waals surface area contributed by atoms with Crippen molar-refractivity contribution in [1.29, 1.82) is 0 Å². The number of amides is 2. The van der Waals surface area contributed by atoms with Gasteiger partial charge in [-0.25, -0.2) is 4.98 Å². The minimum atomic E-state index is -0.528. The molecule has 0 bridgehead atoms. The molecule has 0 aliphatic carbocycles. The number of fused-ring (bicyclic) bond motifs is 1. The number of nitrogens with zero attached hydrogens (tertiary/aromatic N) is 3. The van der Waals surface area contributed by atoms with Crippen LogP contribution < -0.4 is 10.9 Å². The summed E-state index contributed by atoms with van der Waals surface area (Å²) >= 11 is 6.06. The van der Waals surface area contributed by atoms with Crippen LogP contribution in [0.15, 0.2) is 64.1 Å². The van der Waals surface area contributed by atoms with Crippen molar-refractivity contribution in [2.75, 3.05) is 19.6 Å². The quantitative estimate of drug-likeness (QED) is 0.576. The number of carbonyl (C=O) groups excluding carboxylic acids is 2. The van der Waals surface area contributed by atoms with E-state index >= 15 is 0 Å². The third kappa shape index (κ3) is 6.03. The molecular weight excluding hydrogens is 452 g/mol. The number of rotatable bonds is 8. The fourth-order valence-electron chi connectivity index (χ4n) is 3.82. The summed E-state index contributed by atoms with van der Waals surface area (Å²) in [6, 6.07) is 5.04. The standard InChI is InChI=1S/C26H31ClN4O3/c1-17(2)21(27)9-8-18(3)10-12-29-24(33)20-13-19-7-6-11-28-23(19)31(25(20)34)14-22(32)30-15-26(4,5)16-30/h6-9,11,13H,1,10,12,14-16H2,2-5H3,(H,29,33). The Kier molecular flexibility index (Phi) is 7.77. The molecule has 0 radical (unpaired) electrons. The molecule has 0 spiro atoms. The molecule has 1 saturated heterocycles. The Morgan fingerprint density at radius 3 is 2.62 bits per heavy atom. The maximum absolute atomic E-state index is 13.2. The van der Waals surface area contributed by atoms with Crippen molar-refractivity contribution in [2.24, 2.45) is 5.41 Å². The largest absolute Gasteiger partial charge is 0.352 e. The first-order valence-electron chi connectivity index (χ1n) is 11.2. The van der Waals surface area contributed by atoms with E-state index in [0.29, 0.717) is 42.1 Å². The molecule has 2 aromatic rings. The lowest BCUT2D eigenvalue weighted by molar-refractivity contribution is -0.142. The predicted octanol–water partition coefficient (Wildman–Crippen LogP) is 4.03. The van der Waals surface area contributed by atoms with Crippen LogP contribution >= 0.6 is 11.6 Å². The molecule has 2 aromatic heterocycles. The third-order valence-electron chi connectivity index (χ3n) is 5.70. The number of pyridine rings is 2. The molecule has 1 fully saturated rings. The van der Waals surface area contributed by atoms with Crippen LogP contribution in [-0.2, 0) is 11.3 Å². The van der Waals surface area contributed by atoms with Crippen molar-refractivity contribution in [2.45, 2.75) is 40.7 Å². The average molecular weight is 483 g/mol. The molecule has 0 unspecified atom stereocenters. The zero-order valence-electron chi connectivity index (χ0n) is 20.2. The molecule has 0 atom stereocenters. The van der Waals surface area contributed by atoms with Gasteiger partial charge in [-0.05, 0) is 55.5 Å². The van der Waals surface area contributed by atoms with Gasteiger partial charge in [0.05, 0.1) is 0 Å². The summed E-state index contributed by atoms with van der Waals surface area (Å²) in [5, 5.41) is 4.00. The molecule has 2 amide bonds. The Bertz CT molecular complexity index is 1250. The number of carbonyl (C=O) groups is 2. The first-order valence-corrected chi connectivity index (χ1v) is 11.6. The number of halogens is 1. The molecular formula is C26H31ClN4O3. The average Bonchev–Trinajstić information content (AvgIpc) is 2.77. The summed E-state index contributed by atoms with van der Waals surface area (Å²) < 4.78 is 1.30. The molecule has 8 heteroatoms. The summed E-state index contributed by atoms with van der Waals surface area (Å²) in [7, 11) is 0. The fourth-order valence-corrected chi connectivity index (χ4v) is 3.89. The van der Waals surface area contributed by atoms with Crippen molar-refractivity contribution >= 4 is 34.4 Å². The molecule has 34 heavy (non-hydrogen) atoms. The van der Waals surface area contributed by atoms with Gasteiger partial charge in [0.15, 0.2) is 0 Å². The molecule has 7 nitrogen and oxygen atoms in total. The summed E-state index contributed by atoms with van der Waals surface area (Å²) in [6.45, 7) is 13.2. The zero-order chi connectivity index (χ0) is 25.0. The summed E-state index contributed by atoms with van der Waals surface area (Å²) in [5.41, 5.74) is 1.72. The SMILES string of the molecule is C=C(C)C(Cl)=CC=C(C)CCNC(=O)c1cc2cccnc2n(CC(=O)N2CC(C)(C)C2)c1=O. The first-order chi connectivity index (χ1) is 16.0. The van der Waals surface area contributed by atoms with Gasteiger partial charge < -0.3 is 10.2 Å². The second-order valence-corrected chi connectivity index (χ2v) is 10.0. The molecule has 0 saturated carbocycles. The maximum Gasteiger partial charge on any atom is 0.265 e. The van der Waals surface area contributed by atoms with Crippen LogP contribution in [0.1, 0.15) is 44.5 Å².